The molecule has 20 heavy (non-hydrogen) atoms. The number of hydrogen-bond donors (Lipinski definition) is 2. The summed E-state index contributed by atoms with van der Waals surface area (Å²) in [6, 6.07) is 0.197. The van der Waals surface area contributed by atoms with Crippen molar-refractivity contribution < 1.29 is 19.8 Å². The lowest BCUT2D eigenvalue weighted by atomic mass is 10.00. The van der Waals surface area contributed by atoms with Crippen molar-refractivity contribution in [3.05, 3.63) is 0 Å². The molecule has 2 N–H and O–H groups in total. The molecule has 112 valence electrons. The quantitative estimate of drug-likeness (QED) is 0.797. The molecule has 2 amide bonds. The minimum Gasteiger partial charge on any atom is -0.481 e. The molecular formula is C14H22N2O4. The van der Waals surface area contributed by atoms with Crippen LogP contribution in [-0.4, -0.2) is 63.8 Å². The van der Waals surface area contributed by atoms with Crippen LogP contribution in [0.3, 0.4) is 0 Å². The molecule has 3 atom stereocenters. The van der Waals surface area contributed by atoms with Gasteiger partial charge in [0.1, 0.15) is 0 Å². The fourth-order valence-electron chi connectivity index (χ4n) is 3.61. The van der Waals surface area contributed by atoms with E-state index in [1.807, 2.05) is 4.90 Å². The van der Waals surface area contributed by atoms with Gasteiger partial charge in [-0.05, 0) is 31.6 Å². The number of fused-ring (bicyclic) bond motifs is 1. The molecule has 6 nitrogen and oxygen atoms in total. The Balaban J connectivity index is 1.60. The Hall–Kier alpha value is -1.30. The standard InChI is InChI=1S/C14H22N2O4/c17-12-4-1-9-7-15(8-11(9)12)14(20)16(10-2-3-10)6-5-13(18)19/h9-12,17H,1-8H2,(H,18,19). The van der Waals surface area contributed by atoms with Crippen LogP contribution in [0.1, 0.15) is 32.1 Å². The maximum atomic E-state index is 12.6. The SMILES string of the molecule is O=C(O)CCN(C(=O)N1CC2CCC(O)C2C1)C1CC1. The summed E-state index contributed by atoms with van der Waals surface area (Å²) in [6.07, 6.45) is 3.54. The topological polar surface area (TPSA) is 81.1 Å². The Labute approximate surface area is 118 Å². The lowest BCUT2D eigenvalue weighted by Gasteiger charge is -2.28. The van der Waals surface area contributed by atoms with Crippen LogP contribution >= 0.6 is 0 Å². The van der Waals surface area contributed by atoms with Crippen LogP contribution in [0, 0.1) is 11.8 Å². The molecule has 0 aromatic rings. The second-order valence-corrected chi connectivity index (χ2v) is 6.32. The summed E-state index contributed by atoms with van der Waals surface area (Å²) in [4.78, 5) is 26.8. The van der Waals surface area contributed by atoms with Crippen molar-refractivity contribution in [2.24, 2.45) is 11.8 Å². The van der Waals surface area contributed by atoms with Crippen LogP contribution in [0.25, 0.3) is 0 Å². The van der Waals surface area contributed by atoms with E-state index < -0.39 is 5.97 Å². The minimum absolute atomic E-state index is 0.00552. The van der Waals surface area contributed by atoms with Crippen molar-refractivity contribution in [1.82, 2.24) is 9.80 Å². The number of urea groups is 1. The molecule has 1 aliphatic heterocycles. The number of carboxylic acids is 1. The number of aliphatic hydroxyl groups excluding tert-OH is 1. The molecular weight excluding hydrogens is 260 g/mol. The number of hydrogen-bond acceptors (Lipinski definition) is 3. The van der Waals surface area contributed by atoms with Crippen molar-refractivity contribution in [1.29, 1.82) is 0 Å². The van der Waals surface area contributed by atoms with Gasteiger partial charge >= 0.3 is 12.0 Å². The Morgan fingerprint density at radius 2 is 1.90 bits per heavy atom. The predicted molar refractivity (Wildman–Crippen MR) is 71.2 cm³/mol. The summed E-state index contributed by atoms with van der Waals surface area (Å²) in [5.74, 6) is -0.217. The molecule has 3 unspecified atom stereocenters. The number of aliphatic hydroxyl groups is 1. The number of amides is 2. The third-order valence-electron chi connectivity index (χ3n) is 4.89. The smallest absolute Gasteiger partial charge is 0.320 e. The minimum atomic E-state index is -0.864. The van der Waals surface area contributed by atoms with Gasteiger partial charge in [-0.25, -0.2) is 4.79 Å². The molecule has 0 bridgehead atoms. The number of carboxylic acid groups (broad SMARTS) is 1. The Bertz CT molecular complexity index is 410. The van der Waals surface area contributed by atoms with E-state index in [0.717, 1.165) is 32.2 Å². The first kappa shape index (κ1) is 13.7. The van der Waals surface area contributed by atoms with Gasteiger partial charge in [-0.2, -0.15) is 0 Å². The van der Waals surface area contributed by atoms with Crippen LogP contribution < -0.4 is 0 Å². The van der Waals surface area contributed by atoms with E-state index in [9.17, 15) is 14.7 Å². The van der Waals surface area contributed by atoms with Gasteiger partial charge in [-0.1, -0.05) is 0 Å². The summed E-state index contributed by atoms with van der Waals surface area (Å²) < 4.78 is 0. The molecule has 6 heteroatoms. The molecule has 3 aliphatic rings. The average molecular weight is 282 g/mol. The zero-order chi connectivity index (χ0) is 14.3. The van der Waals surface area contributed by atoms with E-state index in [0.29, 0.717) is 19.0 Å². The highest BCUT2D eigenvalue weighted by Crippen LogP contribution is 2.39. The van der Waals surface area contributed by atoms with Crippen LogP contribution in [-0.2, 0) is 4.79 Å². The normalized spacial score (nSPS) is 32.2. The monoisotopic (exact) mass is 282 g/mol. The summed E-state index contributed by atoms with van der Waals surface area (Å²) in [5.41, 5.74) is 0. The highest BCUT2D eigenvalue weighted by Gasteiger charge is 2.45. The highest BCUT2D eigenvalue weighted by atomic mass is 16.4. The van der Waals surface area contributed by atoms with Crippen molar-refractivity contribution in [2.75, 3.05) is 19.6 Å². The fraction of sp³-hybridized carbons (Fsp3) is 0.857. The summed E-state index contributed by atoms with van der Waals surface area (Å²) in [7, 11) is 0. The number of carbonyl (C=O) groups excluding carboxylic acids is 1. The first-order valence-electron chi connectivity index (χ1n) is 7.51. The van der Waals surface area contributed by atoms with Crippen molar-refractivity contribution >= 4 is 12.0 Å². The van der Waals surface area contributed by atoms with Gasteiger partial charge in [0.05, 0.1) is 12.5 Å². The van der Waals surface area contributed by atoms with E-state index >= 15 is 0 Å². The molecule has 0 spiro atoms. The Kier molecular flexibility index (Phi) is 3.58. The van der Waals surface area contributed by atoms with Crippen molar-refractivity contribution in [3.63, 3.8) is 0 Å². The van der Waals surface area contributed by atoms with Gasteiger partial charge in [-0.3, -0.25) is 4.79 Å². The zero-order valence-electron chi connectivity index (χ0n) is 11.6. The van der Waals surface area contributed by atoms with Crippen molar-refractivity contribution in [2.45, 2.75) is 44.2 Å². The van der Waals surface area contributed by atoms with Gasteiger partial charge < -0.3 is 20.0 Å². The predicted octanol–water partition coefficient (Wildman–Crippen LogP) is 0.748. The maximum absolute atomic E-state index is 12.6. The van der Waals surface area contributed by atoms with E-state index in [4.69, 9.17) is 5.11 Å². The molecule has 3 fully saturated rings. The molecule has 2 saturated carbocycles. The van der Waals surface area contributed by atoms with E-state index in [1.54, 1.807) is 4.90 Å². The lowest BCUT2D eigenvalue weighted by Crippen LogP contribution is -2.44. The van der Waals surface area contributed by atoms with Crippen molar-refractivity contribution in [3.8, 4) is 0 Å². The van der Waals surface area contributed by atoms with Crippen LogP contribution in [0.15, 0.2) is 0 Å². The molecule has 0 aromatic heterocycles. The lowest BCUT2D eigenvalue weighted by molar-refractivity contribution is -0.137. The van der Waals surface area contributed by atoms with Gasteiger partial charge in [0.15, 0.2) is 0 Å². The van der Waals surface area contributed by atoms with Crippen LogP contribution in [0.5, 0.6) is 0 Å². The van der Waals surface area contributed by atoms with Gasteiger partial charge in [-0.15, -0.1) is 0 Å². The first-order valence-corrected chi connectivity index (χ1v) is 7.51. The van der Waals surface area contributed by atoms with E-state index in [1.165, 1.54) is 0 Å². The zero-order valence-corrected chi connectivity index (χ0v) is 11.6. The van der Waals surface area contributed by atoms with Crippen LogP contribution in [0.2, 0.25) is 0 Å². The molecule has 1 saturated heterocycles. The third-order valence-corrected chi connectivity index (χ3v) is 4.89. The van der Waals surface area contributed by atoms with Gasteiger partial charge in [0.2, 0.25) is 0 Å². The van der Waals surface area contributed by atoms with E-state index in [-0.39, 0.29) is 30.5 Å². The Morgan fingerprint density at radius 3 is 2.50 bits per heavy atom. The maximum Gasteiger partial charge on any atom is 0.320 e. The second-order valence-electron chi connectivity index (χ2n) is 6.32. The number of aliphatic carboxylic acids is 1. The fourth-order valence-corrected chi connectivity index (χ4v) is 3.61. The summed E-state index contributed by atoms with van der Waals surface area (Å²) in [6.45, 7) is 1.64. The summed E-state index contributed by atoms with van der Waals surface area (Å²) in [5, 5.41) is 18.7. The van der Waals surface area contributed by atoms with E-state index in [2.05, 4.69) is 0 Å². The molecule has 3 rings (SSSR count). The average Bonchev–Trinajstić information content (AvgIpc) is 3.04. The molecule has 0 aromatic carbocycles. The number of carbonyl (C=O) groups is 2. The van der Waals surface area contributed by atoms with Gasteiger partial charge in [0.25, 0.3) is 0 Å². The second kappa shape index (κ2) is 5.24. The number of nitrogens with zero attached hydrogens (tertiary/aromatic N) is 2. The number of rotatable bonds is 4. The summed E-state index contributed by atoms with van der Waals surface area (Å²) >= 11 is 0. The van der Waals surface area contributed by atoms with Gasteiger partial charge in [0, 0.05) is 31.6 Å². The highest BCUT2D eigenvalue weighted by molar-refractivity contribution is 5.76. The van der Waals surface area contributed by atoms with Crippen LogP contribution in [0.4, 0.5) is 4.79 Å². The molecule has 2 aliphatic carbocycles. The molecule has 0 radical (unpaired) electrons. The largest absolute Gasteiger partial charge is 0.481 e. The number of likely N-dealkylation sites (tertiary alicyclic amines) is 1. The Morgan fingerprint density at radius 1 is 1.15 bits per heavy atom. The molecule has 1 heterocycles. The first-order chi connectivity index (χ1) is 9.56. The third kappa shape index (κ3) is 2.61.